The smallest absolute Gasteiger partial charge is 0.221 e. The maximum Gasteiger partial charge on any atom is 0.221 e. The normalized spacial score (nSPS) is 12.1. The predicted molar refractivity (Wildman–Crippen MR) is 122 cm³/mol. The Labute approximate surface area is 185 Å². The molecule has 1 aromatic carbocycles. The van der Waals surface area contributed by atoms with Crippen LogP contribution in [0.25, 0.3) is 11.4 Å². The Bertz CT molecular complexity index is 993. The molecule has 2 N–H and O–H groups in total. The summed E-state index contributed by atoms with van der Waals surface area (Å²) in [5.74, 6) is 1.50. The first-order chi connectivity index (χ1) is 14.5. The Kier molecular flexibility index (Phi) is 7.78. The zero-order valence-electron chi connectivity index (χ0n) is 17.4. The van der Waals surface area contributed by atoms with Crippen molar-refractivity contribution in [2.75, 3.05) is 27.2 Å². The number of aromatic nitrogens is 3. The molecule has 0 aliphatic carbocycles. The highest BCUT2D eigenvalue weighted by Crippen LogP contribution is 2.23. The quantitative estimate of drug-likeness (QED) is 0.463. The Morgan fingerprint density at radius 2 is 2.10 bits per heavy atom. The van der Waals surface area contributed by atoms with Crippen molar-refractivity contribution in [1.29, 1.82) is 0 Å². The number of H-pyrrole nitrogens is 1. The van der Waals surface area contributed by atoms with Crippen molar-refractivity contribution in [3.63, 3.8) is 0 Å². The van der Waals surface area contributed by atoms with E-state index in [1.54, 1.807) is 11.3 Å². The number of carbonyl (C=O) groups excluding carboxylic acids is 1. The van der Waals surface area contributed by atoms with E-state index in [0.717, 1.165) is 11.3 Å². The van der Waals surface area contributed by atoms with Gasteiger partial charge < -0.3 is 15.0 Å². The summed E-state index contributed by atoms with van der Waals surface area (Å²) in [6, 6.07) is 12.0. The number of benzene rings is 1. The minimum Gasteiger partial charge on any atom is -0.494 e. The van der Waals surface area contributed by atoms with Crippen LogP contribution in [0.1, 0.15) is 24.3 Å². The van der Waals surface area contributed by atoms with Gasteiger partial charge in [-0.05, 0) is 68.9 Å². The van der Waals surface area contributed by atoms with Crippen LogP contribution in [0.5, 0.6) is 5.75 Å². The minimum absolute atomic E-state index is 0.0147. The number of nitrogens with one attached hydrogen (secondary N) is 2. The standard InChI is InChI=1S/C21H27N5O2S2/c1-4-28-16-9-7-15(8-10-16)20-23-24-21(29)26(20)12-11-19(27)22-14-17(25(2)3)18-6-5-13-30-18/h5-10,13,17H,4,11-12,14H2,1-3H3,(H,22,27)(H,24,29). The average Bonchev–Trinajstić information content (AvgIpc) is 3.37. The van der Waals surface area contributed by atoms with Gasteiger partial charge in [-0.25, -0.2) is 0 Å². The summed E-state index contributed by atoms with van der Waals surface area (Å²) in [7, 11) is 4.04. The van der Waals surface area contributed by atoms with Crippen LogP contribution in [-0.2, 0) is 11.3 Å². The molecule has 0 spiro atoms. The largest absolute Gasteiger partial charge is 0.494 e. The highest BCUT2D eigenvalue weighted by atomic mass is 32.1. The molecule has 9 heteroatoms. The van der Waals surface area contributed by atoms with E-state index in [9.17, 15) is 4.79 Å². The van der Waals surface area contributed by atoms with Crippen LogP contribution in [0.4, 0.5) is 0 Å². The SMILES string of the molecule is CCOc1ccc(-c2n[nH]c(=S)n2CCC(=O)NCC(c2cccs2)N(C)C)cc1. The van der Waals surface area contributed by atoms with Gasteiger partial charge in [0.2, 0.25) is 5.91 Å². The van der Waals surface area contributed by atoms with Gasteiger partial charge in [-0.1, -0.05) is 6.07 Å². The minimum atomic E-state index is -0.0147. The van der Waals surface area contributed by atoms with Gasteiger partial charge in [-0.3, -0.25) is 14.5 Å². The van der Waals surface area contributed by atoms with Gasteiger partial charge in [-0.15, -0.1) is 11.3 Å². The number of aromatic amines is 1. The van der Waals surface area contributed by atoms with E-state index in [-0.39, 0.29) is 11.9 Å². The van der Waals surface area contributed by atoms with Crippen molar-refractivity contribution >= 4 is 29.5 Å². The number of amides is 1. The molecule has 160 valence electrons. The Balaban J connectivity index is 1.61. The number of carbonyl (C=O) groups is 1. The third-order valence-electron chi connectivity index (χ3n) is 4.73. The van der Waals surface area contributed by atoms with Gasteiger partial charge in [0, 0.05) is 30.0 Å². The summed E-state index contributed by atoms with van der Waals surface area (Å²) in [4.78, 5) is 15.8. The lowest BCUT2D eigenvalue weighted by Gasteiger charge is -2.23. The van der Waals surface area contributed by atoms with E-state index in [4.69, 9.17) is 17.0 Å². The van der Waals surface area contributed by atoms with Crippen LogP contribution in [0.3, 0.4) is 0 Å². The van der Waals surface area contributed by atoms with Crippen LogP contribution >= 0.6 is 23.6 Å². The molecule has 30 heavy (non-hydrogen) atoms. The van der Waals surface area contributed by atoms with Crippen molar-refractivity contribution in [1.82, 2.24) is 25.0 Å². The van der Waals surface area contributed by atoms with Crippen molar-refractivity contribution in [3.05, 3.63) is 51.4 Å². The maximum atomic E-state index is 12.5. The van der Waals surface area contributed by atoms with Gasteiger partial charge in [0.1, 0.15) is 5.75 Å². The number of ether oxygens (including phenoxy) is 1. The van der Waals surface area contributed by atoms with Crippen LogP contribution in [0.2, 0.25) is 0 Å². The fourth-order valence-electron chi connectivity index (χ4n) is 3.14. The fraction of sp³-hybridized carbons (Fsp3) is 0.381. The summed E-state index contributed by atoms with van der Waals surface area (Å²) >= 11 is 7.07. The monoisotopic (exact) mass is 445 g/mol. The molecule has 0 bridgehead atoms. The first kappa shape index (κ1) is 22.2. The second kappa shape index (κ2) is 10.5. The molecule has 0 fully saturated rings. The number of likely N-dealkylation sites (N-methyl/N-ethyl adjacent to an activating group) is 1. The lowest BCUT2D eigenvalue weighted by Crippen LogP contribution is -2.34. The van der Waals surface area contributed by atoms with Crippen LogP contribution < -0.4 is 10.1 Å². The molecule has 1 amide bonds. The number of nitrogens with zero attached hydrogens (tertiary/aromatic N) is 3. The fourth-order valence-corrected chi connectivity index (χ4v) is 4.29. The molecule has 2 heterocycles. The maximum absolute atomic E-state index is 12.5. The molecule has 1 atom stereocenters. The first-order valence-electron chi connectivity index (χ1n) is 9.84. The molecule has 2 aromatic heterocycles. The van der Waals surface area contributed by atoms with Gasteiger partial charge >= 0.3 is 0 Å². The van der Waals surface area contributed by atoms with Crippen molar-refractivity contribution in [2.45, 2.75) is 25.9 Å². The van der Waals surface area contributed by atoms with E-state index >= 15 is 0 Å². The molecule has 3 rings (SSSR count). The zero-order valence-corrected chi connectivity index (χ0v) is 19.1. The van der Waals surface area contributed by atoms with Crippen molar-refractivity contribution in [2.24, 2.45) is 0 Å². The van der Waals surface area contributed by atoms with Crippen molar-refractivity contribution in [3.8, 4) is 17.1 Å². The van der Waals surface area contributed by atoms with Gasteiger partial charge in [0.15, 0.2) is 10.6 Å². The second-order valence-electron chi connectivity index (χ2n) is 7.01. The van der Waals surface area contributed by atoms with Gasteiger partial charge in [0.25, 0.3) is 0 Å². The van der Waals surface area contributed by atoms with Gasteiger partial charge in [0.05, 0.1) is 12.6 Å². The van der Waals surface area contributed by atoms with E-state index < -0.39 is 0 Å². The van der Waals surface area contributed by atoms with Gasteiger partial charge in [-0.2, -0.15) is 5.10 Å². The first-order valence-corrected chi connectivity index (χ1v) is 11.1. The third-order valence-corrected chi connectivity index (χ3v) is 6.02. The van der Waals surface area contributed by atoms with Crippen LogP contribution in [-0.4, -0.2) is 52.8 Å². The molecule has 0 radical (unpaired) electrons. The Morgan fingerprint density at radius 1 is 1.33 bits per heavy atom. The zero-order chi connectivity index (χ0) is 21.5. The van der Waals surface area contributed by atoms with Crippen molar-refractivity contribution < 1.29 is 9.53 Å². The molecular weight excluding hydrogens is 418 g/mol. The molecular formula is C21H27N5O2S2. The van der Waals surface area contributed by atoms with E-state index in [1.807, 2.05) is 55.9 Å². The number of thiophene rings is 1. The molecule has 3 aromatic rings. The summed E-state index contributed by atoms with van der Waals surface area (Å²) < 4.78 is 7.84. The number of hydrogen-bond donors (Lipinski definition) is 2. The molecule has 0 aliphatic heterocycles. The highest BCUT2D eigenvalue weighted by molar-refractivity contribution is 7.71. The molecule has 0 saturated heterocycles. The summed E-state index contributed by atoms with van der Waals surface area (Å²) in [6.45, 7) is 3.59. The Hall–Kier alpha value is -2.49. The second-order valence-corrected chi connectivity index (χ2v) is 8.38. The third kappa shape index (κ3) is 5.56. The lowest BCUT2D eigenvalue weighted by molar-refractivity contribution is -0.121. The number of hydrogen-bond acceptors (Lipinski definition) is 6. The highest BCUT2D eigenvalue weighted by Gasteiger charge is 2.17. The molecule has 0 saturated carbocycles. The molecule has 0 aliphatic rings. The lowest BCUT2D eigenvalue weighted by atomic mass is 10.2. The average molecular weight is 446 g/mol. The van der Waals surface area contributed by atoms with Crippen LogP contribution in [0, 0.1) is 4.77 Å². The summed E-state index contributed by atoms with van der Waals surface area (Å²) in [6.07, 6.45) is 0.322. The van der Waals surface area contributed by atoms with E-state index in [2.05, 4.69) is 31.9 Å². The number of rotatable bonds is 10. The summed E-state index contributed by atoms with van der Waals surface area (Å²) in [5, 5.41) is 12.3. The van der Waals surface area contributed by atoms with Crippen LogP contribution in [0.15, 0.2) is 41.8 Å². The Morgan fingerprint density at radius 3 is 2.73 bits per heavy atom. The summed E-state index contributed by atoms with van der Waals surface area (Å²) in [5.41, 5.74) is 0.913. The molecule has 7 nitrogen and oxygen atoms in total. The predicted octanol–water partition coefficient (Wildman–Crippen LogP) is 3.88. The van der Waals surface area contributed by atoms with E-state index in [1.165, 1.54) is 4.88 Å². The topological polar surface area (TPSA) is 75.2 Å². The molecule has 1 unspecified atom stereocenters. The van der Waals surface area contributed by atoms with E-state index in [0.29, 0.717) is 36.7 Å².